The Balaban J connectivity index is 2.28. The Morgan fingerprint density at radius 1 is 0.947 bits per heavy atom. The van der Waals surface area contributed by atoms with Crippen LogP contribution in [0.15, 0.2) is 36.7 Å². The molecule has 0 aliphatic rings. The molecule has 0 unspecified atom stereocenters. The molecular weight excluding hydrogens is 257 g/mol. The molecule has 7 heteroatoms. The van der Waals surface area contributed by atoms with E-state index >= 15 is 0 Å². The third-order valence-corrected chi connectivity index (χ3v) is 2.67. The van der Waals surface area contributed by atoms with Crippen molar-refractivity contribution < 1.29 is 13.2 Å². The first-order valence-corrected chi connectivity index (χ1v) is 5.39. The van der Waals surface area contributed by atoms with Crippen LogP contribution < -0.4 is 0 Å². The summed E-state index contributed by atoms with van der Waals surface area (Å²) in [6, 6.07) is 5.52. The second kappa shape index (κ2) is 4.04. The van der Waals surface area contributed by atoms with Crippen molar-refractivity contribution in [3.63, 3.8) is 0 Å². The molecular formula is C12H7F3N4. The topological polar surface area (TPSA) is 54.5 Å². The van der Waals surface area contributed by atoms with E-state index in [4.69, 9.17) is 0 Å². The first-order valence-electron chi connectivity index (χ1n) is 5.39. The molecule has 0 saturated carbocycles. The molecule has 3 aromatic heterocycles. The smallest absolute Gasteiger partial charge is 0.260 e. The lowest BCUT2D eigenvalue weighted by Crippen LogP contribution is -2.08. The second-order valence-corrected chi connectivity index (χ2v) is 3.87. The van der Waals surface area contributed by atoms with Gasteiger partial charge < -0.3 is 0 Å². The van der Waals surface area contributed by atoms with E-state index < -0.39 is 11.7 Å². The van der Waals surface area contributed by atoms with Gasteiger partial charge in [0.15, 0.2) is 5.65 Å². The van der Waals surface area contributed by atoms with Crippen molar-refractivity contribution in [3.8, 4) is 11.4 Å². The highest BCUT2D eigenvalue weighted by atomic mass is 19.4. The molecule has 96 valence electrons. The monoisotopic (exact) mass is 264 g/mol. The van der Waals surface area contributed by atoms with Crippen LogP contribution in [-0.4, -0.2) is 20.2 Å². The SMILES string of the molecule is FC(F)(F)c1cccnc1-c1n[nH]c2ncccc12. The van der Waals surface area contributed by atoms with Crippen molar-refractivity contribution >= 4 is 11.0 Å². The highest BCUT2D eigenvalue weighted by molar-refractivity contribution is 5.90. The summed E-state index contributed by atoms with van der Waals surface area (Å²) in [7, 11) is 0. The summed E-state index contributed by atoms with van der Waals surface area (Å²) < 4.78 is 38.8. The maximum atomic E-state index is 12.9. The van der Waals surface area contributed by atoms with E-state index in [9.17, 15) is 13.2 Å². The van der Waals surface area contributed by atoms with Gasteiger partial charge in [0.1, 0.15) is 11.4 Å². The third kappa shape index (κ3) is 1.92. The second-order valence-electron chi connectivity index (χ2n) is 3.87. The molecule has 3 rings (SSSR count). The number of rotatable bonds is 1. The summed E-state index contributed by atoms with van der Waals surface area (Å²) in [5, 5.41) is 6.99. The van der Waals surface area contributed by atoms with E-state index in [1.165, 1.54) is 18.5 Å². The van der Waals surface area contributed by atoms with Crippen LogP contribution in [0.5, 0.6) is 0 Å². The van der Waals surface area contributed by atoms with Crippen LogP contribution in [0, 0.1) is 0 Å². The summed E-state index contributed by atoms with van der Waals surface area (Å²) >= 11 is 0. The molecule has 0 aliphatic carbocycles. The van der Waals surface area contributed by atoms with E-state index in [0.717, 1.165) is 6.07 Å². The zero-order valence-corrected chi connectivity index (χ0v) is 9.44. The molecule has 0 atom stereocenters. The predicted octanol–water partition coefficient (Wildman–Crippen LogP) is 3.04. The number of aromatic nitrogens is 4. The van der Waals surface area contributed by atoms with Crippen molar-refractivity contribution in [3.05, 3.63) is 42.2 Å². The maximum Gasteiger partial charge on any atom is 0.418 e. The Labute approximate surface area is 105 Å². The van der Waals surface area contributed by atoms with Gasteiger partial charge in [-0.2, -0.15) is 18.3 Å². The number of hydrogen-bond acceptors (Lipinski definition) is 3. The molecule has 0 saturated heterocycles. The van der Waals surface area contributed by atoms with Gasteiger partial charge >= 0.3 is 6.18 Å². The molecule has 0 aromatic carbocycles. The molecule has 1 N–H and O–H groups in total. The fourth-order valence-electron chi connectivity index (χ4n) is 1.86. The molecule has 19 heavy (non-hydrogen) atoms. The summed E-state index contributed by atoms with van der Waals surface area (Å²) in [5.74, 6) is 0. The van der Waals surface area contributed by atoms with Crippen LogP contribution in [0.1, 0.15) is 5.56 Å². The number of hydrogen-bond donors (Lipinski definition) is 1. The van der Waals surface area contributed by atoms with Gasteiger partial charge in [-0.05, 0) is 24.3 Å². The Kier molecular flexibility index (Phi) is 2.48. The Morgan fingerprint density at radius 2 is 1.68 bits per heavy atom. The summed E-state index contributed by atoms with van der Waals surface area (Å²) in [4.78, 5) is 7.80. The molecule has 0 amide bonds. The number of nitrogens with one attached hydrogen (secondary N) is 1. The molecule has 3 heterocycles. The van der Waals surface area contributed by atoms with Crippen LogP contribution in [0.3, 0.4) is 0 Å². The van der Waals surface area contributed by atoms with Gasteiger partial charge in [-0.3, -0.25) is 10.1 Å². The van der Waals surface area contributed by atoms with Crippen molar-refractivity contribution in [1.82, 2.24) is 20.2 Å². The van der Waals surface area contributed by atoms with E-state index in [0.29, 0.717) is 11.0 Å². The number of halogens is 3. The zero-order chi connectivity index (χ0) is 13.5. The van der Waals surface area contributed by atoms with Crippen LogP contribution in [0.4, 0.5) is 13.2 Å². The van der Waals surface area contributed by atoms with E-state index in [2.05, 4.69) is 20.2 Å². The highest BCUT2D eigenvalue weighted by Gasteiger charge is 2.35. The fourth-order valence-corrected chi connectivity index (χ4v) is 1.86. The van der Waals surface area contributed by atoms with Crippen molar-refractivity contribution in [1.29, 1.82) is 0 Å². The lowest BCUT2D eigenvalue weighted by Gasteiger charge is -2.09. The van der Waals surface area contributed by atoms with Crippen LogP contribution >= 0.6 is 0 Å². The lowest BCUT2D eigenvalue weighted by molar-refractivity contribution is -0.137. The number of H-pyrrole nitrogens is 1. The van der Waals surface area contributed by atoms with Crippen molar-refractivity contribution in [2.75, 3.05) is 0 Å². The average molecular weight is 264 g/mol. The minimum atomic E-state index is -4.48. The number of nitrogens with zero attached hydrogens (tertiary/aromatic N) is 3. The van der Waals surface area contributed by atoms with Crippen molar-refractivity contribution in [2.24, 2.45) is 0 Å². The van der Waals surface area contributed by atoms with Crippen molar-refractivity contribution in [2.45, 2.75) is 6.18 Å². The fraction of sp³-hybridized carbons (Fsp3) is 0.0833. The van der Waals surface area contributed by atoms with E-state index in [1.807, 2.05) is 0 Å². The Bertz CT molecular complexity index is 733. The zero-order valence-electron chi connectivity index (χ0n) is 9.44. The summed E-state index contributed by atoms with van der Waals surface area (Å²) in [6.45, 7) is 0. The predicted molar refractivity (Wildman–Crippen MR) is 62.1 cm³/mol. The first-order chi connectivity index (χ1) is 9.07. The number of alkyl halides is 3. The molecule has 0 radical (unpaired) electrons. The van der Waals surface area contributed by atoms with Gasteiger partial charge in [-0.25, -0.2) is 4.98 Å². The van der Waals surface area contributed by atoms with E-state index in [1.54, 1.807) is 12.1 Å². The highest BCUT2D eigenvalue weighted by Crippen LogP contribution is 2.36. The molecule has 3 aromatic rings. The van der Waals surface area contributed by atoms with Gasteiger partial charge in [-0.1, -0.05) is 0 Å². The first kappa shape index (κ1) is 11.6. The lowest BCUT2D eigenvalue weighted by atomic mass is 10.1. The van der Waals surface area contributed by atoms with Gasteiger partial charge in [0.2, 0.25) is 0 Å². The Morgan fingerprint density at radius 3 is 2.47 bits per heavy atom. The average Bonchev–Trinajstić information content (AvgIpc) is 2.81. The molecule has 4 nitrogen and oxygen atoms in total. The van der Waals surface area contributed by atoms with E-state index in [-0.39, 0.29) is 11.4 Å². The largest absolute Gasteiger partial charge is 0.418 e. The summed E-state index contributed by atoms with van der Waals surface area (Å²) in [5.41, 5.74) is -0.436. The number of pyridine rings is 2. The number of aromatic amines is 1. The molecule has 0 spiro atoms. The Hall–Kier alpha value is -2.44. The minimum Gasteiger partial charge on any atom is -0.260 e. The molecule has 0 bridgehead atoms. The van der Waals surface area contributed by atoms with Gasteiger partial charge in [0.25, 0.3) is 0 Å². The molecule has 0 fully saturated rings. The van der Waals surface area contributed by atoms with Crippen LogP contribution in [0.2, 0.25) is 0 Å². The van der Waals surface area contributed by atoms with Crippen LogP contribution in [-0.2, 0) is 6.18 Å². The van der Waals surface area contributed by atoms with Gasteiger partial charge in [-0.15, -0.1) is 0 Å². The quantitative estimate of drug-likeness (QED) is 0.735. The third-order valence-electron chi connectivity index (χ3n) is 2.67. The van der Waals surface area contributed by atoms with Gasteiger partial charge in [0.05, 0.1) is 5.56 Å². The van der Waals surface area contributed by atoms with Crippen LogP contribution in [0.25, 0.3) is 22.4 Å². The maximum absolute atomic E-state index is 12.9. The number of fused-ring (bicyclic) bond motifs is 1. The van der Waals surface area contributed by atoms with Gasteiger partial charge in [0, 0.05) is 17.8 Å². The summed E-state index contributed by atoms with van der Waals surface area (Å²) in [6.07, 6.45) is -1.63. The standard InChI is InChI=1S/C12H7F3N4/c13-12(14,15)8-4-2-5-16-10(8)9-7-3-1-6-17-11(7)19-18-9/h1-6H,(H,17,18,19). The molecule has 0 aliphatic heterocycles. The minimum absolute atomic E-state index is 0.149. The normalized spacial score (nSPS) is 11.9.